The van der Waals surface area contributed by atoms with E-state index < -0.39 is 0 Å². The highest BCUT2D eigenvalue weighted by Gasteiger charge is 1.96. The number of aromatic nitrogens is 2. The standard InChI is InChI=1S/C10H17N2O/c1-3-6-13-7-4-5-10-8-11-9(2)12-10/h3-7H2,1-2H3,(H,11,12). The second kappa shape index (κ2) is 5.75. The molecule has 0 spiro atoms. The molecular formula is C10H17N2O. The van der Waals surface area contributed by atoms with E-state index in [1.165, 1.54) is 0 Å². The summed E-state index contributed by atoms with van der Waals surface area (Å²) in [5.41, 5.74) is 1.08. The minimum absolute atomic E-state index is 0.833. The second-order valence-corrected chi connectivity index (χ2v) is 3.13. The fourth-order valence-electron chi connectivity index (χ4n) is 1.14. The molecular weight excluding hydrogens is 164 g/mol. The zero-order valence-electron chi connectivity index (χ0n) is 8.39. The quantitative estimate of drug-likeness (QED) is 0.680. The fourth-order valence-corrected chi connectivity index (χ4v) is 1.14. The van der Waals surface area contributed by atoms with Crippen LogP contribution >= 0.6 is 0 Å². The Labute approximate surface area is 79.5 Å². The average molecular weight is 181 g/mol. The first-order chi connectivity index (χ1) is 6.33. The third-order valence-corrected chi connectivity index (χ3v) is 1.75. The Kier molecular flexibility index (Phi) is 4.54. The van der Waals surface area contributed by atoms with Gasteiger partial charge in [0.05, 0.1) is 0 Å². The molecule has 0 aliphatic carbocycles. The number of H-pyrrole nitrogens is 1. The van der Waals surface area contributed by atoms with Crippen molar-refractivity contribution in [1.29, 1.82) is 0 Å². The maximum Gasteiger partial charge on any atom is 0.112 e. The van der Waals surface area contributed by atoms with Crippen LogP contribution in [0.25, 0.3) is 0 Å². The molecule has 1 rings (SSSR count). The summed E-state index contributed by atoms with van der Waals surface area (Å²) in [7, 11) is 0. The third-order valence-electron chi connectivity index (χ3n) is 1.75. The Morgan fingerprint density at radius 3 is 2.92 bits per heavy atom. The molecule has 0 saturated heterocycles. The average Bonchev–Trinajstić information content (AvgIpc) is 2.51. The third kappa shape index (κ3) is 4.08. The lowest BCUT2D eigenvalue weighted by Crippen LogP contribution is -1.97. The summed E-state index contributed by atoms with van der Waals surface area (Å²) in [4.78, 5) is 7.16. The molecule has 1 N–H and O–H groups in total. The van der Waals surface area contributed by atoms with Gasteiger partial charge in [-0.2, -0.15) is 0 Å². The number of aromatic amines is 1. The fraction of sp³-hybridized carbons (Fsp3) is 0.700. The molecule has 3 nitrogen and oxygen atoms in total. The van der Waals surface area contributed by atoms with Crippen LogP contribution in [0.3, 0.4) is 0 Å². The maximum absolute atomic E-state index is 5.36. The van der Waals surface area contributed by atoms with Crippen LogP contribution in [0, 0.1) is 13.1 Å². The second-order valence-electron chi connectivity index (χ2n) is 3.13. The maximum atomic E-state index is 5.36. The lowest BCUT2D eigenvalue weighted by molar-refractivity contribution is 0.132. The topological polar surface area (TPSA) is 37.9 Å². The van der Waals surface area contributed by atoms with Crippen LogP contribution in [0.1, 0.15) is 31.3 Å². The highest BCUT2D eigenvalue weighted by Crippen LogP contribution is 1.99. The summed E-state index contributed by atoms with van der Waals surface area (Å²) in [5.74, 6) is 0.935. The van der Waals surface area contributed by atoms with Crippen LogP contribution in [-0.2, 0) is 11.2 Å². The molecule has 1 aromatic rings. The lowest BCUT2D eigenvalue weighted by Gasteiger charge is -2.00. The van der Waals surface area contributed by atoms with Gasteiger partial charge in [-0.1, -0.05) is 6.92 Å². The molecule has 0 amide bonds. The van der Waals surface area contributed by atoms with E-state index in [0.29, 0.717) is 0 Å². The van der Waals surface area contributed by atoms with Gasteiger partial charge in [0.25, 0.3) is 0 Å². The van der Waals surface area contributed by atoms with Gasteiger partial charge in [0.1, 0.15) is 12.0 Å². The van der Waals surface area contributed by atoms with E-state index in [2.05, 4.69) is 23.1 Å². The summed E-state index contributed by atoms with van der Waals surface area (Å²) >= 11 is 0. The van der Waals surface area contributed by atoms with Crippen LogP contribution in [-0.4, -0.2) is 23.2 Å². The van der Waals surface area contributed by atoms with Gasteiger partial charge in [0.2, 0.25) is 0 Å². The number of imidazole rings is 1. The molecule has 3 heteroatoms. The first-order valence-corrected chi connectivity index (χ1v) is 4.84. The number of hydrogen-bond acceptors (Lipinski definition) is 2. The largest absolute Gasteiger partial charge is 0.381 e. The lowest BCUT2D eigenvalue weighted by atomic mass is 10.2. The van der Waals surface area contributed by atoms with Crippen molar-refractivity contribution in [2.45, 2.75) is 33.1 Å². The number of hydrogen-bond donors (Lipinski definition) is 1. The van der Waals surface area contributed by atoms with Crippen molar-refractivity contribution in [1.82, 2.24) is 9.97 Å². The minimum atomic E-state index is 0.833. The summed E-state index contributed by atoms with van der Waals surface area (Å²) in [6, 6.07) is 0. The first-order valence-electron chi connectivity index (χ1n) is 4.84. The SMILES string of the molecule is CCCOCCCc1[c]nc(C)[nH]1. The van der Waals surface area contributed by atoms with Gasteiger partial charge in [-0.05, 0) is 26.2 Å². The molecule has 1 radical (unpaired) electrons. The highest BCUT2D eigenvalue weighted by atomic mass is 16.5. The molecule has 0 saturated carbocycles. The zero-order valence-corrected chi connectivity index (χ0v) is 8.39. The summed E-state index contributed by atoms with van der Waals surface area (Å²) in [6.07, 6.45) is 6.04. The molecule has 13 heavy (non-hydrogen) atoms. The molecule has 1 aromatic heterocycles. The molecule has 0 bridgehead atoms. The van der Waals surface area contributed by atoms with E-state index in [1.54, 1.807) is 0 Å². The van der Waals surface area contributed by atoms with E-state index in [9.17, 15) is 0 Å². The van der Waals surface area contributed by atoms with Crippen molar-refractivity contribution in [3.63, 3.8) is 0 Å². The Balaban J connectivity index is 2.06. The van der Waals surface area contributed by atoms with Gasteiger partial charge >= 0.3 is 0 Å². The van der Waals surface area contributed by atoms with Gasteiger partial charge in [-0.3, -0.25) is 0 Å². The van der Waals surface area contributed by atoms with Gasteiger partial charge in [0, 0.05) is 18.9 Å². The van der Waals surface area contributed by atoms with Crippen molar-refractivity contribution in [3.05, 3.63) is 17.7 Å². The van der Waals surface area contributed by atoms with E-state index in [0.717, 1.165) is 44.0 Å². The van der Waals surface area contributed by atoms with E-state index in [-0.39, 0.29) is 0 Å². The van der Waals surface area contributed by atoms with Crippen molar-refractivity contribution in [2.75, 3.05) is 13.2 Å². The van der Waals surface area contributed by atoms with Crippen LogP contribution in [0.2, 0.25) is 0 Å². The molecule has 0 aliphatic rings. The normalized spacial score (nSPS) is 10.6. The molecule has 1 heterocycles. The van der Waals surface area contributed by atoms with Gasteiger partial charge in [0.15, 0.2) is 0 Å². The van der Waals surface area contributed by atoms with Crippen molar-refractivity contribution < 1.29 is 4.74 Å². The Morgan fingerprint density at radius 1 is 1.46 bits per heavy atom. The van der Waals surface area contributed by atoms with E-state index in [4.69, 9.17) is 4.74 Å². The zero-order chi connectivity index (χ0) is 9.52. The van der Waals surface area contributed by atoms with Gasteiger partial charge in [-0.25, -0.2) is 4.98 Å². The Hall–Kier alpha value is -0.830. The van der Waals surface area contributed by atoms with E-state index >= 15 is 0 Å². The van der Waals surface area contributed by atoms with Crippen LogP contribution < -0.4 is 0 Å². The predicted octanol–water partition coefficient (Wildman–Crippen LogP) is 1.88. The predicted molar refractivity (Wildman–Crippen MR) is 51.6 cm³/mol. The monoisotopic (exact) mass is 181 g/mol. The van der Waals surface area contributed by atoms with Crippen molar-refractivity contribution in [2.24, 2.45) is 0 Å². The smallest absolute Gasteiger partial charge is 0.112 e. The van der Waals surface area contributed by atoms with Gasteiger partial charge < -0.3 is 9.72 Å². The molecule has 0 fully saturated rings. The van der Waals surface area contributed by atoms with Gasteiger partial charge in [-0.15, -0.1) is 0 Å². The number of ether oxygens (including phenoxy) is 1. The Morgan fingerprint density at radius 2 is 2.31 bits per heavy atom. The van der Waals surface area contributed by atoms with E-state index in [1.807, 2.05) is 6.92 Å². The summed E-state index contributed by atoms with van der Waals surface area (Å²) in [6.45, 7) is 5.76. The number of aryl methyl sites for hydroxylation is 2. The molecule has 0 aromatic carbocycles. The van der Waals surface area contributed by atoms with Crippen LogP contribution in [0.4, 0.5) is 0 Å². The van der Waals surface area contributed by atoms with Crippen molar-refractivity contribution in [3.8, 4) is 0 Å². The number of rotatable bonds is 6. The number of nitrogens with one attached hydrogen (secondary N) is 1. The molecule has 0 unspecified atom stereocenters. The molecule has 73 valence electrons. The van der Waals surface area contributed by atoms with Crippen LogP contribution in [0.15, 0.2) is 0 Å². The first kappa shape index (κ1) is 10.3. The van der Waals surface area contributed by atoms with Crippen molar-refractivity contribution >= 4 is 0 Å². The summed E-state index contributed by atoms with van der Waals surface area (Å²) in [5, 5.41) is 0. The van der Waals surface area contributed by atoms with Crippen LogP contribution in [0.5, 0.6) is 0 Å². The Bertz CT molecular complexity index is 233. The highest BCUT2D eigenvalue weighted by molar-refractivity contribution is 4.97. The minimum Gasteiger partial charge on any atom is -0.381 e. The molecule has 0 atom stereocenters. The number of nitrogens with zero attached hydrogens (tertiary/aromatic N) is 1. The summed E-state index contributed by atoms with van der Waals surface area (Å²) < 4.78 is 5.36. The molecule has 0 aliphatic heterocycles.